The summed E-state index contributed by atoms with van der Waals surface area (Å²) in [5.41, 5.74) is 8.42. The summed E-state index contributed by atoms with van der Waals surface area (Å²) >= 11 is 3.59. The van der Waals surface area contributed by atoms with E-state index < -0.39 is 0 Å². The molecule has 8 aromatic rings. The number of hydrogen-bond acceptors (Lipinski definition) is 7. The number of aromatic nitrogens is 3. The Morgan fingerprint density at radius 1 is 0.571 bits per heavy atom. The van der Waals surface area contributed by atoms with Gasteiger partial charge < -0.3 is 0 Å². The first-order valence-electron chi connectivity index (χ1n) is 18.5. The van der Waals surface area contributed by atoms with Crippen LogP contribution in [0.25, 0.3) is 63.0 Å². The summed E-state index contributed by atoms with van der Waals surface area (Å²) in [4.78, 5) is 26.6. The third kappa shape index (κ3) is 6.41. The van der Waals surface area contributed by atoms with Gasteiger partial charge in [-0.05, 0) is 40.1 Å². The molecule has 2 aliphatic rings. The van der Waals surface area contributed by atoms with E-state index in [4.69, 9.17) is 24.9 Å². The fourth-order valence-electron chi connectivity index (χ4n) is 7.32. The second kappa shape index (κ2) is 14.6. The van der Waals surface area contributed by atoms with Gasteiger partial charge in [-0.25, -0.2) is 19.9 Å². The molecule has 266 valence electrons. The van der Waals surface area contributed by atoms with Crippen LogP contribution in [-0.2, 0) is 0 Å². The Kier molecular flexibility index (Phi) is 8.86. The van der Waals surface area contributed by atoms with Crippen molar-refractivity contribution in [1.82, 2.24) is 15.0 Å². The highest BCUT2D eigenvalue weighted by molar-refractivity contribution is 8.01. The van der Waals surface area contributed by atoms with Gasteiger partial charge in [-0.2, -0.15) is 0 Å². The molecule has 4 heterocycles. The lowest BCUT2D eigenvalue weighted by atomic mass is 9.95. The molecule has 0 spiro atoms. The Morgan fingerprint density at radius 2 is 1.20 bits per heavy atom. The lowest BCUT2D eigenvalue weighted by molar-refractivity contribution is 0.773. The van der Waals surface area contributed by atoms with Crippen LogP contribution in [0.2, 0.25) is 0 Å². The zero-order chi connectivity index (χ0) is 37.4. The van der Waals surface area contributed by atoms with Crippen molar-refractivity contribution in [1.29, 1.82) is 0 Å². The number of fused-ring (bicyclic) bond motifs is 4. The fourth-order valence-corrected chi connectivity index (χ4v) is 9.81. The number of thioether (sulfide) groups is 1. The van der Waals surface area contributed by atoms with Gasteiger partial charge in [-0.3, -0.25) is 4.99 Å². The predicted octanol–water partition coefficient (Wildman–Crippen LogP) is 10.5. The quantitative estimate of drug-likeness (QED) is 0.163. The number of hydrogen-bond donors (Lipinski definition) is 0. The lowest BCUT2D eigenvalue weighted by Crippen LogP contribution is -2.28. The largest absolute Gasteiger partial charge is 0.256 e. The Hall–Kier alpha value is -6.54. The highest BCUT2D eigenvalue weighted by atomic mass is 32.2. The van der Waals surface area contributed by atoms with E-state index in [1.165, 1.54) is 10.5 Å². The van der Waals surface area contributed by atoms with Crippen molar-refractivity contribution in [2.24, 2.45) is 9.98 Å². The number of amidine groups is 1. The molecule has 10 rings (SSSR count). The molecule has 56 heavy (non-hydrogen) atoms. The molecular weight excluding hydrogens is 723 g/mol. The van der Waals surface area contributed by atoms with Crippen LogP contribution in [0.5, 0.6) is 0 Å². The van der Waals surface area contributed by atoms with Crippen LogP contribution in [0.15, 0.2) is 179 Å². The van der Waals surface area contributed by atoms with Gasteiger partial charge in [0.15, 0.2) is 23.3 Å². The molecule has 0 bridgehead atoms. The molecule has 0 radical (unpaired) electrons. The van der Waals surface area contributed by atoms with E-state index >= 15 is 0 Å². The standard InChI is InChI=1S/C49H33N5S2/c1-31-39(55-41-26-14-23-38(42(31)41)49-53-47(34-18-7-3-8-19-34)52-48(54-49)35-20-9-4-10-21-35)25-13-15-32-27-29-36(30-28-32)46-50-43(33-16-5-2-6-17-33)45-44(51-46)37-22-11-12-24-40(37)56-45/h2-30,44-45H,1H2/b15-13+,39-25+. The minimum Gasteiger partial charge on any atom is -0.256 e. The Labute approximate surface area is 333 Å². The van der Waals surface area contributed by atoms with Gasteiger partial charge in [-0.1, -0.05) is 164 Å². The molecule has 2 aliphatic heterocycles. The Bertz CT molecular complexity index is 2900. The van der Waals surface area contributed by atoms with E-state index in [9.17, 15) is 0 Å². The third-order valence-electron chi connectivity index (χ3n) is 10.1. The molecule has 0 aliphatic carbocycles. The second-order valence-corrected chi connectivity index (χ2v) is 15.9. The van der Waals surface area contributed by atoms with Crippen molar-refractivity contribution in [3.8, 4) is 34.2 Å². The van der Waals surface area contributed by atoms with Crippen LogP contribution in [0, 0.1) is 0 Å². The average molecular weight is 756 g/mol. The van der Waals surface area contributed by atoms with Crippen LogP contribution in [-0.4, -0.2) is 31.7 Å². The molecule has 0 saturated heterocycles. The van der Waals surface area contributed by atoms with Gasteiger partial charge in [0.05, 0.1) is 17.0 Å². The van der Waals surface area contributed by atoms with Crippen molar-refractivity contribution in [3.05, 3.63) is 196 Å². The van der Waals surface area contributed by atoms with Gasteiger partial charge >= 0.3 is 0 Å². The maximum Gasteiger partial charge on any atom is 0.164 e. The third-order valence-corrected chi connectivity index (χ3v) is 12.6. The smallest absolute Gasteiger partial charge is 0.164 e. The van der Waals surface area contributed by atoms with Crippen molar-refractivity contribution >= 4 is 63.5 Å². The maximum atomic E-state index is 5.23. The fraction of sp³-hybridized carbons (Fsp3) is 0.0408. The van der Waals surface area contributed by atoms with Gasteiger partial charge in [-0.15, -0.1) is 23.1 Å². The number of benzene rings is 6. The maximum absolute atomic E-state index is 5.23. The number of nitrogens with zero attached hydrogens (tertiary/aromatic N) is 5. The van der Waals surface area contributed by atoms with Crippen molar-refractivity contribution in [3.63, 3.8) is 0 Å². The van der Waals surface area contributed by atoms with E-state index in [-0.39, 0.29) is 11.3 Å². The van der Waals surface area contributed by atoms with Crippen LogP contribution >= 0.6 is 23.1 Å². The molecule has 7 heteroatoms. The SMILES string of the molecule is C=c1/c(=C\C=C\c2ccc(C3=NC4c5ccccc5SC4C(c4ccccc4)=N3)cc2)sc2cccc(-c3nc(-c4ccccc4)nc(-c4ccccc4)n3)c12. The minimum absolute atomic E-state index is 0.0358. The van der Waals surface area contributed by atoms with E-state index in [0.717, 1.165) is 64.8 Å². The normalized spacial score (nSPS) is 16.5. The highest BCUT2D eigenvalue weighted by Gasteiger charge is 2.39. The summed E-state index contributed by atoms with van der Waals surface area (Å²) in [5, 5.41) is 2.17. The molecule has 2 aromatic heterocycles. The molecule has 5 nitrogen and oxygen atoms in total. The predicted molar refractivity (Wildman–Crippen MR) is 235 cm³/mol. The molecule has 2 atom stereocenters. The number of rotatable bonds is 7. The van der Waals surface area contributed by atoms with Crippen LogP contribution in [0.1, 0.15) is 28.3 Å². The second-order valence-electron chi connectivity index (χ2n) is 13.6. The van der Waals surface area contributed by atoms with Crippen LogP contribution in [0.4, 0.5) is 0 Å². The van der Waals surface area contributed by atoms with Gasteiger partial charge in [0.2, 0.25) is 0 Å². The summed E-state index contributed by atoms with van der Waals surface area (Å²) in [6.45, 7) is 4.56. The van der Waals surface area contributed by atoms with Gasteiger partial charge in [0, 0.05) is 41.8 Å². The summed E-state index contributed by atoms with van der Waals surface area (Å²) in [6.07, 6.45) is 6.36. The van der Waals surface area contributed by atoms with Gasteiger partial charge in [0.1, 0.15) is 0 Å². The highest BCUT2D eigenvalue weighted by Crippen LogP contribution is 2.49. The molecule has 6 aromatic carbocycles. The first-order valence-corrected chi connectivity index (χ1v) is 20.2. The Morgan fingerprint density at radius 3 is 1.89 bits per heavy atom. The topological polar surface area (TPSA) is 63.4 Å². The Balaban J connectivity index is 0.965. The summed E-state index contributed by atoms with van der Waals surface area (Å²) in [5.74, 6) is 2.68. The molecule has 2 unspecified atom stereocenters. The van der Waals surface area contributed by atoms with E-state index in [2.05, 4.69) is 122 Å². The first kappa shape index (κ1) is 34.0. The number of thiophene rings is 1. The zero-order valence-electron chi connectivity index (χ0n) is 30.2. The van der Waals surface area contributed by atoms with Crippen molar-refractivity contribution < 1.29 is 0 Å². The van der Waals surface area contributed by atoms with Crippen LogP contribution < -0.4 is 9.75 Å². The minimum atomic E-state index is 0.0358. The van der Waals surface area contributed by atoms with Crippen LogP contribution in [0.3, 0.4) is 0 Å². The molecule has 0 fully saturated rings. The molecule has 0 amide bonds. The average Bonchev–Trinajstić information content (AvgIpc) is 3.81. The van der Waals surface area contributed by atoms with Crippen molar-refractivity contribution in [2.75, 3.05) is 0 Å². The zero-order valence-corrected chi connectivity index (χ0v) is 31.8. The van der Waals surface area contributed by atoms with E-state index in [1.54, 1.807) is 11.3 Å². The monoisotopic (exact) mass is 755 g/mol. The molecular formula is C49H33N5S2. The summed E-state index contributed by atoms with van der Waals surface area (Å²) < 4.78 is 2.22. The molecule has 0 N–H and O–H groups in total. The summed E-state index contributed by atoms with van der Waals surface area (Å²) in [6, 6.07) is 54.1. The van der Waals surface area contributed by atoms with E-state index in [1.807, 2.05) is 72.4 Å². The number of aliphatic imine (C=N–C) groups is 2. The van der Waals surface area contributed by atoms with E-state index in [0.29, 0.717) is 17.5 Å². The molecule has 0 saturated carbocycles. The first-order chi connectivity index (χ1) is 27.7. The van der Waals surface area contributed by atoms with Crippen molar-refractivity contribution in [2.45, 2.75) is 16.2 Å². The lowest BCUT2D eigenvalue weighted by Gasteiger charge is -2.24. The summed E-state index contributed by atoms with van der Waals surface area (Å²) in [7, 11) is 0. The van der Waals surface area contributed by atoms with Gasteiger partial charge in [0.25, 0.3) is 0 Å². The number of allylic oxidation sites excluding steroid dienone is 1.